The van der Waals surface area contributed by atoms with Gasteiger partial charge >= 0.3 is 0 Å². The Kier molecular flexibility index (Phi) is 4.18. The minimum absolute atomic E-state index is 0.491. The minimum Gasteiger partial charge on any atom is -0.475 e. The van der Waals surface area contributed by atoms with Gasteiger partial charge in [0.2, 0.25) is 5.88 Å². The predicted octanol–water partition coefficient (Wildman–Crippen LogP) is 0.853. The smallest absolute Gasteiger partial charge is 0.232 e. The third-order valence-electron chi connectivity index (χ3n) is 1.44. The second-order valence-corrected chi connectivity index (χ2v) is 3.00. The molecule has 0 saturated carbocycles. The van der Waals surface area contributed by atoms with Gasteiger partial charge in [-0.3, -0.25) is 4.98 Å². The van der Waals surface area contributed by atoms with Crippen molar-refractivity contribution in [3.05, 3.63) is 18.6 Å². The SMILES string of the molecule is CC(C)NCCOc1cnccn1. The molecule has 72 valence electrons. The Hall–Kier alpha value is -1.16. The van der Waals surface area contributed by atoms with Gasteiger partial charge in [0.1, 0.15) is 6.61 Å². The van der Waals surface area contributed by atoms with E-state index in [2.05, 4.69) is 29.1 Å². The second-order valence-electron chi connectivity index (χ2n) is 3.00. The lowest BCUT2D eigenvalue weighted by Crippen LogP contribution is -2.27. The molecule has 0 aliphatic rings. The van der Waals surface area contributed by atoms with Crippen LogP contribution in [0.3, 0.4) is 0 Å². The van der Waals surface area contributed by atoms with Gasteiger partial charge in [-0.05, 0) is 0 Å². The molecule has 1 aromatic rings. The maximum Gasteiger partial charge on any atom is 0.232 e. The lowest BCUT2D eigenvalue weighted by Gasteiger charge is -2.08. The molecule has 0 aliphatic carbocycles. The number of ether oxygens (including phenoxy) is 1. The average molecular weight is 181 g/mol. The quantitative estimate of drug-likeness (QED) is 0.684. The highest BCUT2D eigenvalue weighted by Crippen LogP contribution is 1.99. The first-order chi connectivity index (χ1) is 6.29. The van der Waals surface area contributed by atoms with Crippen LogP contribution in [0.15, 0.2) is 18.6 Å². The highest BCUT2D eigenvalue weighted by Gasteiger charge is 1.94. The molecule has 0 bridgehead atoms. The molecule has 1 rings (SSSR count). The van der Waals surface area contributed by atoms with Gasteiger partial charge in [-0.2, -0.15) is 0 Å². The largest absolute Gasteiger partial charge is 0.475 e. The summed E-state index contributed by atoms with van der Waals surface area (Å²) in [6.07, 6.45) is 4.85. The van der Waals surface area contributed by atoms with Gasteiger partial charge in [0.05, 0.1) is 6.20 Å². The summed E-state index contributed by atoms with van der Waals surface area (Å²) >= 11 is 0. The van der Waals surface area contributed by atoms with Crippen LogP contribution < -0.4 is 10.1 Å². The first-order valence-corrected chi connectivity index (χ1v) is 4.41. The average Bonchev–Trinajstić information content (AvgIpc) is 2.14. The summed E-state index contributed by atoms with van der Waals surface area (Å²) in [7, 11) is 0. The van der Waals surface area contributed by atoms with Crippen molar-refractivity contribution in [1.29, 1.82) is 0 Å². The summed E-state index contributed by atoms with van der Waals surface area (Å²) in [4.78, 5) is 7.87. The fourth-order valence-corrected chi connectivity index (χ4v) is 0.863. The van der Waals surface area contributed by atoms with Crippen LogP contribution in [-0.4, -0.2) is 29.2 Å². The van der Waals surface area contributed by atoms with Crippen LogP contribution in [-0.2, 0) is 0 Å². The number of rotatable bonds is 5. The van der Waals surface area contributed by atoms with Crippen molar-refractivity contribution in [1.82, 2.24) is 15.3 Å². The molecule has 0 fully saturated rings. The molecule has 1 heterocycles. The Morgan fingerprint density at radius 2 is 2.31 bits per heavy atom. The van der Waals surface area contributed by atoms with Crippen LogP contribution in [0.1, 0.15) is 13.8 Å². The lowest BCUT2D eigenvalue weighted by atomic mass is 10.4. The third kappa shape index (κ3) is 4.42. The van der Waals surface area contributed by atoms with E-state index in [0.717, 1.165) is 6.54 Å². The first kappa shape index (κ1) is 9.92. The predicted molar refractivity (Wildman–Crippen MR) is 50.7 cm³/mol. The van der Waals surface area contributed by atoms with Gasteiger partial charge in [-0.1, -0.05) is 13.8 Å². The van der Waals surface area contributed by atoms with Crippen LogP contribution in [0.25, 0.3) is 0 Å². The van der Waals surface area contributed by atoms with Crippen molar-refractivity contribution < 1.29 is 4.74 Å². The van der Waals surface area contributed by atoms with Crippen molar-refractivity contribution in [3.8, 4) is 5.88 Å². The number of hydrogen-bond donors (Lipinski definition) is 1. The molecule has 0 aliphatic heterocycles. The Morgan fingerprint density at radius 3 is 2.92 bits per heavy atom. The summed E-state index contributed by atoms with van der Waals surface area (Å²) in [6.45, 7) is 5.65. The first-order valence-electron chi connectivity index (χ1n) is 4.41. The normalized spacial score (nSPS) is 10.4. The Balaban J connectivity index is 2.13. The molecule has 0 spiro atoms. The van der Waals surface area contributed by atoms with Crippen molar-refractivity contribution in [2.24, 2.45) is 0 Å². The van der Waals surface area contributed by atoms with E-state index in [0.29, 0.717) is 18.5 Å². The van der Waals surface area contributed by atoms with E-state index in [1.165, 1.54) is 0 Å². The molecule has 0 atom stereocenters. The Bertz CT molecular complexity index is 226. The summed E-state index contributed by atoms with van der Waals surface area (Å²) in [5.74, 6) is 0.577. The van der Waals surface area contributed by atoms with Crippen molar-refractivity contribution in [3.63, 3.8) is 0 Å². The summed E-state index contributed by atoms with van der Waals surface area (Å²) < 4.78 is 5.32. The summed E-state index contributed by atoms with van der Waals surface area (Å²) in [5, 5.41) is 3.24. The standard InChI is InChI=1S/C9H15N3O/c1-8(2)11-5-6-13-9-7-10-3-4-12-9/h3-4,7-8,11H,5-6H2,1-2H3. The molecule has 0 radical (unpaired) electrons. The van der Waals surface area contributed by atoms with Gasteiger partial charge in [0.15, 0.2) is 0 Å². The van der Waals surface area contributed by atoms with E-state index >= 15 is 0 Å². The van der Waals surface area contributed by atoms with Crippen LogP contribution in [0, 0.1) is 0 Å². The number of hydrogen-bond acceptors (Lipinski definition) is 4. The van der Waals surface area contributed by atoms with Gasteiger partial charge in [0, 0.05) is 25.0 Å². The molecule has 0 amide bonds. The molecule has 13 heavy (non-hydrogen) atoms. The zero-order valence-electron chi connectivity index (χ0n) is 8.03. The third-order valence-corrected chi connectivity index (χ3v) is 1.44. The molecule has 0 unspecified atom stereocenters. The number of aromatic nitrogens is 2. The molecule has 4 nitrogen and oxygen atoms in total. The van der Waals surface area contributed by atoms with Crippen LogP contribution in [0.5, 0.6) is 5.88 Å². The van der Waals surface area contributed by atoms with Crippen molar-refractivity contribution >= 4 is 0 Å². The van der Waals surface area contributed by atoms with Gasteiger partial charge in [-0.15, -0.1) is 0 Å². The fraction of sp³-hybridized carbons (Fsp3) is 0.556. The molecule has 0 saturated heterocycles. The molecule has 1 N–H and O–H groups in total. The maximum atomic E-state index is 5.32. The monoisotopic (exact) mass is 181 g/mol. The maximum absolute atomic E-state index is 5.32. The Morgan fingerprint density at radius 1 is 1.46 bits per heavy atom. The van der Waals surface area contributed by atoms with Crippen molar-refractivity contribution in [2.45, 2.75) is 19.9 Å². The van der Waals surface area contributed by atoms with E-state index in [4.69, 9.17) is 4.74 Å². The molecule has 4 heteroatoms. The highest BCUT2D eigenvalue weighted by molar-refractivity contribution is 5.00. The second kappa shape index (κ2) is 5.48. The summed E-state index contributed by atoms with van der Waals surface area (Å²) in [6, 6.07) is 0.491. The van der Waals surface area contributed by atoms with Crippen molar-refractivity contribution in [2.75, 3.05) is 13.2 Å². The van der Waals surface area contributed by atoms with E-state index in [1.807, 2.05) is 0 Å². The molecular weight excluding hydrogens is 166 g/mol. The van der Waals surface area contributed by atoms with Gasteiger partial charge in [-0.25, -0.2) is 4.98 Å². The highest BCUT2D eigenvalue weighted by atomic mass is 16.5. The topological polar surface area (TPSA) is 47.0 Å². The number of nitrogens with zero attached hydrogens (tertiary/aromatic N) is 2. The fourth-order valence-electron chi connectivity index (χ4n) is 0.863. The van der Waals surface area contributed by atoms with Crippen LogP contribution in [0.4, 0.5) is 0 Å². The minimum atomic E-state index is 0.491. The van der Waals surface area contributed by atoms with E-state index in [9.17, 15) is 0 Å². The molecular formula is C9H15N3O. The van der Waals surface area contributed by atoms with E-state index < -0.39 is 0 Å². The van der Waals surface area contributed by atoms with Crippen LogP contribution in [0.2, 0.25) is 0 Å². The van der Waals surface area contributed by atoms with Crippen LogP contribution >= 0.6 is 0 Å². The lowest BCUT2D eigenvalue weighted by molar-refractivity contribution is 0.296. The molecule has 0 aromatic carbocycles. The summed E-state index contributed by atoms with van der Waals surface area (Å²) in [5.41, 5.74) is 0. The zero-order chi connectivity index (χ0) is 9.52. The Labute approximate surface area is 78.4 Å². The van der Waals surface area contributed by atoms with Gasteiger partial charge in [0.25, 0.3) is 0 Å². The zero-order valence-corrected chi connectivity index (χ0v) is 8.03. The van der Waals surface area contributed by atoms with E-state index in [-0.39, 0.29) is 0 Å². The van der Waals surface area contributed by atoms with Gasteiger partial charge < -0.3 is 10.1 Å². The molecule has 1 aromatic heterocycles. The van der Waals surface area contributed by atoms with E-state index in [1.54, 1.807) is 18.6 Å². The number of nitrogens with one attached hydrogen (secondary N) is 1.